The van der Waals surface area contributed by atoms with Gasteiger partial charge in [-0.2, -0.15) is 0 Å². The summed E-state index contributed by atoms with van der Waals surface area (Å²) >= 11 is 0. The highest BCUT2D eigenvalue weighted by Gasteiger charge is 2.28. The molecule has 0 saturated carbocycles. The molecule has 1 rings (SSSR count). The van der Waals surface area contributed by atoms with E-state index >= 15 is 0 Å². The summed E-state index contributed by atoms with van der Waals surface area (Å²) in [6.45, 7) is 8.72. The Labute approximate surface area is 122 Å². The number of hydrogen-bond acceptors (Lipinski definition) is 2. The third-order valence-corrected chi connectivity index (χ3v) is 4.11. The van der Waals surface area contributed by atoms with Crippen molar-refractivity contribution in [3.05, 3.63) is 35.4 Å². The minimum atomic E-state index is -0.305. The Balaban J connectivity index is 2.38. The normalized spacial score (nSPS) is 14.1. The maximum Gasteiger partial charge on any atom is 0.220 e. The molecule has 0 bridgehead atoms. The summed E-state index contributed by atoms with van der Waals surface area (Å²) in [7, 11) is 0. The molecule has 1 unspecified atom stereocenters. The molecule has 0 aliphatic heterocycles. The number of benzene rings is 1. The van der Waals surface area contributed by atoms with Gasteiger partial charge in [0.15, 0.2) is 0 Å². The van der Waals surface area contributed by atoms with Gasteiger partial charge < -0.3 is 11.1 Å². The van der Waals surface area contributed by atoms with Gasteiger partial charge in [-0.25, -0.2) is 0 Å². The summed E-state index contributed by atoms with van der Waals surface area (Å²) in [4.78, 5) is 12.0. The molecule has 3 N–H and O–H groups in total. The number of carbonyl (C=O) groups is 1. The maximum absolute atomic E-state index is 12.0. The summed E-state index contributed by atoms with van der Waals surface area (Å²) in [6, 6.07) is 8.48. The number of hydrogen-bond donors (Lipinski definition) is 2. The van der Waals surface area contributed by atoms with Crippen molar-refractivity contribution in [2.75, 3.05) is 6.54 Å². The Morgan fingerprint density at radius 3 is 2.40 bits per heavy atom. The van der Waals surface area contributed by atoms with E-state index in [2.05, 4.69) is 50.4 Å². The average Bonchev–Trinajstić information content (AvgIpc) is 2.40. The fourth-order valence-electron chi connectivity index (χ4n) is 2.02. The van der Waals surface area contributed by atoms with Crippen LogP contribution in [0.1, 0.15) is 44.7 Å². The first-order chi connectivity index (χ1) is 9.37. The molecule has 0 aliphatic carbocycles. The Morgan fingerprint density at radius 1 is 1.30 bits per heavy atom. The fraction of sp³-hybridized carbons (Fsp3) is 0.588. The van der Waals surface area contributed by atoms with Crippen LogP contribution < -0.4 is 11.1 Å². The van der Waals surface area contributed by atoms with Crippen LogP contribution in [0.25, 0.3) is 0 Å². The molecule has 3 nitrogen and oxygen atoms in total. The molecule has 0 aromatic heterocycles. The van der Waals surface area contributed by atoms with Crippen LogP contribution in [0.3, 0.4) is 0 Å². The lowest BCUT2D eigenvalue weighted by molar-refractivity contribution is -0.123. The molecule has 0 saturated heterocycles. The van der Waals surface area contributed by atoms with Crippen molar-refractivity contribution >= 4 is 5.91 Å². The van der Waals surface area contributed by atoms with Crippen LogP contribution in [0.15, 0.2) is 24.3 Å². The summed E-state index contributed by atoms with van der Waals surface area (Å²) in [5, 5.41) is 3.07. The SMILES string of the molecule is Cc1ccc(CCCC(=O)NC(C)(CN)C(C)C)cc1. The fourth-order valence-corrected chi connectivity index (χ4v) is 2.02. The topological polar surface area (TPSA) is 55.1 Å². The van der Waals surface area contributed by atoms with Crippen LogP contribution in [0, 0.1) is 12.8 Å². The zero-order chi connectivity index (χ0) is 15.2. The van der Waals surface area contributed by atoms with Crippen molar-refractivity contribution in [2.45, 2.75) is 52.5 Å². The number of aryl methyl sites for hydroxylation is 2. The summed E-state index contributed by atoms with van der Waals surface area (Å²) in [5.41, 5.74) is 8.02. The third-order valence-electron chi connectivity index (χ3n) is 4.11. The molecule has 112 valence electrons. The highest BCUT2D eigenvalue weighted by atomic mass is 16.1. The van der Waals surface area contributed by atoms with Crippen molar-refractivity contribution < 1.29 is 4.79 Å². The van der Waals surface area contributed by atoms with Crippen molar-refractivity contribution in [1.29, 1.82) is 0 Å². The van der Waals surface area contributed by atoms with E-state index in [0.29, 0.717) is 18.9 Å². The smallest absolute Gasteiger partial charge is 0.220 e. The van der Waals surface area contributed by atoms with E-state index in [1.807, 2.05) is 6.92 Å². The van der Waals surface area contributed by atoms with Gasteiger partial charge in [0.05, 0.1) is 5.54 Å². The zero-order valence-corrected chi connectivity index (χ0v) is 13.2. The number of nitrogens with one attached hydrogen (secondary N) is 1. The van der Waals surface area contributed by atoms with Crippen molar-refractivity contribution in [1.82, 2.24) is 5.32 Å². The molecule has 1 amide bonds. The van der Waals surface area contributed by atoms with Crippen molar-refractivity contribution in [3.8, 4) is 0 Å². The van der Waals surface area contributed by atoms with Crippen LogP contribution in [0.4, 0.5) is 0 Å². The maximum atomic E-state index is 12.0. The molecule has 3 heteroatoms. The lowest BCUT2D eigenvalue weighted by Gasteiger charge is -2.33. The van der Waals surface area contributed by atoms with Gasteiger partial charge >= 0.3 is 0 Å². The average molecular weight is 276 g/mol. The second-order valence-electron chi connectivity index (χ2n) is 6.16. The summed E-state index contributed by atoms with van der Waals surface area (Å²) in [5.74, 6) is 0.423. The Kier molecular flexibility index (Phi) is 6.21. The molecule has 0 spiro atoms. The Morgan fingerprint density at radius 2 is 1.90 bits per heavy atom. The van der Waals surface area contributed by atoms with Gasteiger partial charge in [-0.1, -0.05) is 43.7 Å². The predicted molar refractivity (Wildman–Crippen MR) is 84.6 cm³/mol. The van der Waals surface area contributed by atoms with Gasteiger partial charge in [0.25, 0.3) is 0 Å². The van der Waals surface area contributed by atoms with Crippen LogP contribution in [-0.2, 0) is 11.2 Å². The third kappa shape index (κ3) is 4.97. The largest absolute Gasteiger partial charge is 0.349 e. The van der Waals surface area contributed by atoms with Gasteiger partial charge in [0.1, 0.15) is 0 Å². The minimum Gasteiger partial charge on any atom is -0.349 e. The quantitative estimate of drug-likeness (QED) is 0.804. The second-order valence-corrected chi connectivity index (χ2v) is 6.16. The molecule has 0 fully saturated rings. The van der Waals surface area contributed by atoms with Gasteiger partial charge in [0, 0.05) is 13.0 Å². The molecule has 1 atom stereocenters. The molecular weight excluding hydrogens is 248 g/mol. The van der Waals surface area contributed by atoms with Gasteiger partial charge in [-0.15, -0.1) is 0 Å². The van der Waals surface area contributed by atoms with Gasteiger partial charge in [-0.3, -0.25) is 4.79 Å². The summed E-state index contributed by atoms with van der Waals surface area (Å²) in [6.07, 6.45) is 2.36. The van der Waals surface area contributed by atoms with E-state index < -0.39 is 0 Å². The van der Waals surface area contributed by atoms with Crippen LogP contribution >= 0.6 is 0 Å². The summed E-state index contributed by atoms with van der Waals surface area (Å²) < 4.78 is 0. The van der Waals surface area contributed by atoms with Gasteiger partial charge in [-0.05, 0) is 38.2 Å². The molecule has 1 aromatic carbocycles. The Hall–Kier alpha value is -1.35. The number of nitrogens with two attached hydrogens (primary N) is 1. The molecule has 0 heterocycles. The monoisotopic (exact) mass is 276 g/mol. The van der Waals surface area contributed by atoms with E-state index in [0.717, 1.165) is 12.8 Å². The van der Waals surface area contributed by atoms with E-state index in [1.54, 1.807) is 0 Å². The van der Waals surface area contributed by atoms with Crippen LogP contribution in [0.2, 0.25) is 0 Å². The lowest BCUT2D eigenvalue weighted by Crippen LogP contribution is -2.54. The van der Waals surface area contributed by atoms with E-state index in [4.69, 9.17) is 5.73 Å². The lowest BCUT2D eigenvalue weighted by atomic mass is 9.88. The first kappa shape index (κ1) is 16.7. The van der Waals surface area contributed by atoms with E-state index in [1.165, 1.54) is 11.1 Å². The standard InChI is InChI=1S/C17H28N2O/c1-13(2)17(4,12-18)19-16(20)7-5-6-15-10-8-14(3)9-11-15/h8-11,13H,5-7,12,18H2,1-4H3,(H,19,20). The first-order valence-corrected chi connectivity index (χ1v) is 7.44. The molecule has 0 radical (unpaired) electrons. The molecule has 1 aromatic rings. The van der Waals surface area contributed by atoms with Crippen LogP contribution in [0.5, 0.6) is 0 Å². The minimum absolute atomic E-state index is 0.0961. The molecule has 0 aliphatic rings. The first-order valence-electron chi connectivity index (χ1n) is 7.44. The molecular formula is C17H28N2O. The second kappa shape index (κ2) is 7.44. The van der Waals surface area contributed by atoms with Crippen molar-refractivity contribution in [3.63, 3.8) is 0 Å². The number of rotatable bonds is 7. The van der Waals surface area contributed by atoms with E-state index in [-0.39, 0.29) is 11.4 Å². The number of amides is 1. The predicted octanol–water partition coefficient (Wildman–Crippen LogP) is 2.81. The highest BCUT2D eigenvalue weighted by molar-refractivity contribution is 5.76. The van der Waals surface area contributed by atoms with E-state index in [9.17, 15) is 4.79 Å². The zero-order valence-electron chi connectivity index (χ0n) is 13.2. The Bertz CT molecular complexity index is 425. The number of carbonyl (C=O) groups excluding carboxylic acids is 1. The van der Waals surface area contributed by atoms with Gasteiger partial charge in [0.2, 0.25) is 5.91 Å². The van der Waals surface area contributed by atoms with Crippen LogP contribution in [-0.4, -0.2) is 18.0 Å². The highest BCUT2D eigenvalue weighted by Crippen LogP contribution is 2.15. The molecule has 20 heavy (non-hydrogen) atoms. The van der Waals surface area contributed by atoms with Crippen molar-refractivity contribution in [2.24, 2.45) is 11.7 Å².